The van der Waals surface area contributed by atoms with Crippen molar-refractivity contribution in [2.75, 3.05) is 0 Å². The minimum absolute atomic E-state index is 0.106. The van der Waals surface area contributed by atoms with Crippen LogP contribution in [0.2, 0.25) is 0 Å². The molecule has 0 radical (unpaired) electrons. The Hall–Kier alpha value is -1.67. The smallest absolute Gasteiger partial charge is 0.263 e. The Balaban J connectivity index is 1.68. The molecule has 1 aliphatic rings. The molecule has 1 saturated carbocycles. The molecule has 3 aromatic heterocycles. The second-order valence-corrected chi connectivity index (χ2v) is 10.1. The number of rotatable bonds is 6. The maximum atomic E-state index is 13.4. The van der Waals surface area contributed by atoms with Gasteiger partial charge in [-0.2, -0.15) is 4.98 Å². The van der Waals surface area contributed by atoms with Crippen molar-refractivity contribution < 1.29 is 4.52 Å². The predicted octanol–water partition coefficient (Wildman–Crippen LogP) is 5.06. The lowest BCUT2D eigenvalue weighted by Gasteiger charge is -2.17. The molecule has 0 spiro atoms. The van der Waals surface area contributed by atoms with Crippen LogP contribution in [0.25, 0.3) is 10.2 Å². The van der Waals surface area contributed by atoms with Crippen molar-refractivity contribution in [3.8, 4) is 0 Å². The first-order valence-electron chi connectivity index (χ1n) is 9.90. The first-order chi connectivity index (χ1) is 13.4. The van der Waals surface area contributed by atoms with Gasteiger partial charge in [0.2, 0.25) is 5.89 Å². The van der Waals surface area contributed by atoms with E-state index in [1.807, 2.05) is 11.5 Å². The maximum Gasteiger partial charge on any atom is 0.263 e. The van der Waals surface area contributed by atoms with Crippen LogP contribution in [0.15, 0.2) is 14.5 Å². The fourth-order valence-corrected chi connectivity index (χ4v) is 5.76. The lowest BCUT2D eigenvalue weighted by molar-refractivity contribution is 0.360. The fourth-order valence-electron chi connectivity index (χ4n) is 3.78. The van der Waals surface area contributed by atoms with Crippen molar-refractivity contribution in [1.82, 2.24) is 19.7 Å². The van der Waals surface area contributed by atoms with Crippen molar-refractivity contribution >= 4 is 33.3 Å². The van der Waals surface area contributed by atoms with Crippen molar-refractivity contribution in [2.45, 2.75) is 76.8 Å². The fraction of sp³-hybridized carbons (Fsp3) is 0.600. The Kier molecular flexibility index (Phi) is 5.60. The van der Waals surface area contributed by atoms with Gasteiger partial charge in [-0.3, -0.25) is 9.36 Å². The van der Waals surface area contributed by atoms with Gasteiger partial charge >= 0.3 is 0 Å². The summed E-state index contributed by atoms with van der Waals surface area (Å²) in [7, 11) is 0. The number of hydrogen-bond acceptors (Lipinski definition) is 7. The average Bonchev–Trinajstić information content (AvgIpc) is 3.35. The molecule has 6 nitrogen and oxygen atoms in total. The van der Waals surface area contributed by atoms with Crippen LogP contribution in [0.5, 0.6) is 0 Å². The number of aromatic nitrogens is 4. The number of hydrogen-bond donors (Lipinski definition) is 0. The van der Waals surface area contributed by atoms with Crippen LogP contribution in [-0.2, 0) is 12.2 Å². The quantitative estimate of drug-likeness (QED) is 0.411. The van der Waals surface area contributed by atoms with Gasteiger partial charge in [-0.1, -0.05) is 43.6 Å². The van der Waals surface area contributed by atoms with Crippen molar-refractivity contribution in [3.63, 3.8) is 0 Å². The maximum absolute atomic E-state index is 13.4. The van der Waals surface area contributed by atoms with Crippen LogP contribution < -0.4 is 5.56 Å². The summed E-state index contributed by atoms with van der Waals surface area (Å²) in [6, 6.07) is 0.244. The molecule has 0 saturated heterocycles. The van der Waals surface area contributed by atoms with Gasteiger partial charge in [0.1, 0.15) is 4.83 Å². The molecule has 0 bridgehead atoms. The standard InChI is InChI=1S/C20H26N4O2S2/c1-11(2)9-16-21-15(23-26-16)10-27-20-22-18-17(12(3)13(4)28-18)19(25)24(20)14-7-5-6-8-14/h11,14H,5-10H2,1-4H3. The summed E-state index contributed by atoms with van der Waals surface area (Å²) in [6.07, 6.45) is 5.21. The minimum Gasteiger partial charge on any atom is -0.339 e. The molecule has 0 aliphatic heterocycles. The zero-order chi connectivity index (χ0) is 19.8. The van der Waals surface area contributed by atoms with Crippen molar-refractivity contribution in [2.24, 2.45) is 5.92 Å². The van der Waals surface area contributed by atoms with Gasteiger partial charge in [-0.15, -0.1) is 11.3 Å². The molecular formula is C20H26N4O2S2. The first-order valence-corrected chi connectivity index (χ1v) is 11.7. The summed E-state index contributed by atoms with van der Waals surface area (Å²) < 4.78 is 7.28. The highest BCUT2D eigenvalue weighted by Crippen LogP contribution is 2.35. The Morgan fingerprint density at radius 3 is 2.71 bits per heavy atom. The van der Waals surface area contributed by atoms with E-state index in [0.717, 1.165) is 45.1 Å². The van der Waals surface area contributed by atoms with E-state index < -0.39 is 0 Å². The van der Waals surface area contributed by atoms with E-state index in [2.05, 4.69) is 30.9 Å². The van der Waals surface area contributed by atoms with Crippen LogP contribution in [-0.4, -0.2) is 19.7 Å². The molecule has 3 aromatic rings. The monoisotopic (exact) mass is 418 g/mol. The van der Waals surface area contributed by atoms with Gasteiger partial charge in [-0.05, 0) is 38.2 Å². The molecule has 150 valence electrons. The van der Waals surface area contributed by atoms with Crippen molar-refractivity contribution in [3.05, 3.63) is 32.5 Å². The highest BCUT2D eigenvalue weighted by Gasteiger charge is 2.25. The predicted molar refractivity (Wildman–Crippen MR) is 113 cm³/mol. The second kappa shape index (κ2) is 7.99. The third kappa shape index (κ3) is 3.76. The summed E-state index contributed by atoms with van der Waals surface area (Å²) in [5.41, 5.74) is 1.17. The molecule has 0 aromatic carbocycles. The van der Waals surface area contributed by atoms with Crippen molar-refractivity contribution in [1.29, 1.82) is 0 Å². The van der Waals surface area contributed by atoms with E-state index in [1.165, 1.54) is 24.6 Å². The lowest BCUT2D eigenvalue weighted by atomic mass is 10.1. The number of aryl methyl sites for hydroxylation is 2. The summed E-state index contributed by atoms with van der Waals surface area (Å²) >= 11 is 3.14. The van der Waals surface area contributed by atoms with Crippen LogP contribution in [0.1, 0.15) is 67.7 Å². The van der Waals surface area contributed by atoms with Gasteiger partial charge in [0.05, 0.1) is 11.1 Å². The second-order valence-electron chi connectivity index (χ2n) is 7.96. The van der Waals surface area contributed by atoms with Gasteiger partial charge in [-0.25, -0.2) is 4.98 Å². The molecule has 28 heavy (non-hydrogen) atoms. The van der Waals surface area contributed by atoms with E-state index in [0.29, 0.717) is 23.4 Å². The number of nitrogens with zero attached hydrogens (tertiary/aromatic N) is 4. The average molecular weight is 419 g/mol. The Labute approximate surface area is 172 Å². The molecule has 0 atom stereocenters. The van der Waals surface area contributed by atoms with Crippen LogP contribution in [0.4, 0.5) is 0 Å². The number of thioether (sulfide) groups is 1. The zero-order valence-corrected chi connectivity index (χ0v) is 18.5. The van der Waals surface area contributed by atoms with Gasteiger partial charge < -0.3 is 4.52 Å². The minimum atomic E-state index is 0.106. The van der Waals surface area contributed by atoms with Gasteiger partial charge in [0.15, 0.2) is 11.0 Å². The molecule has 4 rings (SSSR count). The first kappa shape index (κ1) is 19.6. The van der Waals surface area contributed by atoms with E-state index in [4.69, 9.17) is 9.51 Å². The summed E-state index contributed by atoms with van der Waals surface area (Å²) in [5, 5.41) is 5.66. The Morgan fingerprint density at radius 1 is 1.25 bits per heavy atom. The van der Waals surface area contributed by atoms with Gasteiger partial charge in [0, 0.05) is 17.3 Å². The summed E-state index contributed by atoms with van der Waals surface area (Å²) in [6.45, 7) is 8.34. The molecule has 1 fully saturated rings. The molecule has 8 heteroatoms. The third-order valence-corrected chi connectivity index (χ3v) is 7.37. The highest BCUT2D eigenvalue weighted by molar-refractivity contribution is 7.98. The van der Waals surface area contributed by atoms with E-state index in [1.54, 1.807) is 11.3 Å². The molecule has 3 heterocycles. The number of fused-ring (bicyclic) bond motifs is 1. The van der Waals surface area contributed by atoms with Crippen LogP contribution in [0, 0.1) is 19.8 Å². The Bertz CT molecular complexity index is 1040. The van der Waals surface area contributed by atoms with Crippen LogP contribution in [0.3, 0.4) is 0 Å². The SMILES string of the molecule is Cc1sc2nc(SCc3noc(CC(C)C)n3)n(C3CCCC3)c(=O)c2c1C. The highest BCUT2D eigenvalue weighted by atomic mass is 32.2. The van der Waals surface area contributed by atoms with E-state index >= 15 is 0 Å². The number of thiophene rings is 1. The largest absolute Gasteiger partial charge is 0.339 e. The normalized spacial score (nSPS) is 15.3. The Morgan fingerprint density at radius 2 is 2.00 bits per heavy atom. The zero-order valence-electron chi connectivity index (χ0n) is 16.8. The van der Waals surface area contributed by atoms with E-state index in [9.17, 15) is 4.79 Å². The molecule has 1 aliphatic carbocycles. The summed E-state index contributed by atoms with van der Waals surface area (Å²) in [4.78, 5) is 24.8. The van der Waals surface area contributed by atoms with Gasteiger partial charge in [0.25, 0.3) is 5.56 Å². The van der Waals surface area contributed by atoms with Crippen LogP contribution >= 0.6 is 23.1 Å². The topological polar surface area (TPSA) is 73.8 Å². The summed E-state index contributed by atoms with van der Waals surface area (Å²) in [5.74, 6) is 2.36. The molecular weight excluding hydrogens is 392 g/mol. The third-order valence-electron chi connectivity index (χ3n) is 5.32. The molecule has 0 unspecified atom stereocenters. The van der Waals surface area contributed by atoms with E-state index in [-0.39, 0.29) is 11.6 Å². The molecule has 0 N–H and O–H groups in total. The molecule has 0 amide bonds. The lowest BCUT2D eigenvalue weighted by Crippen LogP contribution is -2.26.